The van der Waals surface area contributed by atoms with Gasteiger partial charge in [-0.05, 0) is 37.6 Å². The van der Waals surface area contributed by atoms with Gasteiger partial charge in [0.2, 0.25) is 0 Å². The number of fused-ring (bicyclic) bond motifs is 1. The maximum Gasteiger partial charge on any atom is 0.263 e. The van der Waals surface area contributed by atoms with Crippen LogP contribution in [0.15, 0.2) is 24.3 Å². The first-order valence-electron chi connectivity index (χ1n) is 9.44. The lowest BCUT2D eigenvalue weighted by Gasteiger charge is -2.34. The molecule has 1 aromatic carbocycles. The van der Waals surface area contributed by atoms with E-state index in [2.05, 4.69) is 51.7 Å². The first-order valence-corrected chi connectivity index (χ1v) is 10.3. The maximum atomic E-state index is 13.0. The highest BCUT2D eigenvalue weighted by molar-refractivity contribution is 7.13. The van der Waals surface area contributed by atoms with Gasteiger partial charge in [0.1, 0.15) is 4.88 Å². The van der Waals surface area contributed by atoms with Crippen LogP contribution in [-0.2, 0) is 6.54 Å². The van der Waals surface area contributed by atoms with Crippen molar-refractivity contribution in [3.63, 3.8) is 0 Å². The van der Waals surface area contributed by atoms with E-state index in [-0.39, 0.29) is 11.9 Å². The summed E-state index contributed by atoms with van der Waals surface area (Å²) in [5.74, 6) is 0.459. The van der Waals surface area contributed by atoms with E-state index in [1.807, 2.05) is 6.92 Å². The molecule has 1 saturated heterocycles. The van der Waals surface area contributed by atoms with E-state index in [9.17, 15) is 4.79 Å². The molecule has 4 rings (SSSR count). The minimum Gasteiger partial charge on any atom is -0.343 e. The third kappa shape index (κ3) is 3.41. The van der Waals surface area contributed by atoms with Gasteiger partial charge in [0.25, 0.3) is 5.91 Å². The Morgan fingerprint density at radius 1 is 1.42 bits per heavy atom. The van der Waals surface area contributed by atoms with Gasteiger partial charge in [-0.25, -0.2) is 4.98 Å². The maximum absolute atomic E-state index is 13.0. The van der Waals surface area contributed by atoms with E-state index in [1.54, 1.807) is 11.3 Å². The second kappa shape index (κ2) is 7.47. The van der Waals surface area contributed by atoms with Crippen molar-refractivity contribution < 1.29 is 4.79 Å². The largest absolute Gasteiger partial charge is 0.343 e. The van der Waals surface area contributed by atoms with Crippen molar-refractivity contribution in [1.29, 1.82) is 0 Å². The van der Waals surface area contributed by atoms with Crippen LogP contribution < -0.4 is 10.6 Å². The monoisotopic (exact) mass is 370 g/mol. The zero-order valence-corrected chi connectivity index (χ0v) is 16.2. The molecule has 0 bridgehead atoms. The lowest BCUT2D eigenvalue weighted by atomic mass is 9.95. The topological polar surface area (TPSA) is 57.3 Å². The Balaban J connectivity index is 1.54. The third-order valence-corrected chi connectivity index (χ3v) is 6.77. The van der Waals surface area contributed by atoms with Crippen LogP contribution in [0, 0.1) is 6.92 Å². The van der Waals surface area contributed by atoms with E-state index < -0.39 is 0 Å². The van der Waals surface area contributed by atoms with Gasteiger partial charge < -0.3 is 10.6 Å². The van der Waals surface area contributed by atoms with Crippen LogP contribution in [0.2, 0.25) is 0 Å². The molecule has 1 amide bonds. The third-order valence-electron chi connectivity index (χ3n) is 5.45. The Morgan fingerprint density at radius 2 is 2.27 bits per heavy atom. The van der Waals surface area contributed by atoms with E-state index in [4.69, 9.17) is 0 Å². The summed E-state index contributed by atoms with van der Waals surface area (Å²) in [7, 11) is 0. The molecule has 6 heteroatoms. The number of hydrogen-bond donors (Lipinski definition) is 2. The van der Waals surface area contributed by atoms with E-state index >= 15 is 0 Å². The minimum atomic E-state index is 0.00922. The zero-order valence-electron chi connectivity index (χ0n) is 15.4. The summed E-state index contributed by atoms with van der Waals surface area (Å²) < 4.78 is 0. The molecule has 1 fully saturated rings. The highest BCUT2D eigenvalue weighted by Crippen LogP contribution is 2.30. The highest BCUT2D eigenvalue weighted by atomic mass is 32.1. The number of thiazole rings is 1. The number of rotatable bonds is 4. The molecule has 138 valence electrons. The summed E-state index contributed by atoms with van der Waals surface area (Å²) in [6, 6.07) is 8.47. The smallest absolute Gasteiger partial charge is 0.263 e. The van der Waals surface area contributed by atoms with Crippen molar-refractivity contribution in [2.75, 3.05) is 26.2 Å². The van der Waals surface area contributed by atoms with E-state index in [0.29, 0.717) is 5.92 Å². The van der Waals surface area contributed by atoms with Crippen LogP contribution in [0.1, 0.15) is 56.8 Å². The predicted octanol–water partition coefficient (Wildman–Crippen LogP) is 2.84. The van der Waals surface area contributed by atoms with Crippen molar-refractivity contribution in [3.8, 4) is 0 Å². The summed E-state index contributed by atoms with van der Waals surface area (Å²) >= 11 is 1.56. The number of nitrogens with one attached hydrogen (secondary N) is 2. The second-order valence-corrected chi connectivity index (χ2v) is 8.24. The molecular formula is C20H26N4OS. The van der Waals surface area contributed by atoms with Gasteiger partial charge in [0.05, 0.1) is 16.7 Å². The molecule has 1 aromatic heterocycles. The summed E-state index contributed by atoms with van der Waals surface area (Å²) in [6.07, 6.45) is 1.11. The molecule has 0 aliphatic carbocycles. The van der Waals surface area contributed by atoms with Crippen LogP contribution in [0.25, 0.3) is 0 Å². The molecule has 26 heavy (non-hydrogen) atoms. The molecule has 2 aliphatic rings. The van der Waals surface area contributed by atoms with Crippen molar-refractivity contribution in [2.24, 2.45) is 0 Å². The highest BCUT2D eigenvalue weighted by Gasteiger charge is 2.28. The molecule has 0 spiro atoms. The second-order valence-electron chi connectivity index (χ2n) is 7.21. The zero-order chi connectivity index (χ0) is 18.1. The Morgan fingerprint density at radius 3 is 3.04 bits per heavy atom. The summed E-state index contributed by atoms with van der Waals surface area (Å²) in [4.78, 5) is 20.8. The number of aryl methyl sites for hydroxylation is 1. The van der Waals surface area contributed by atoms with Gasteiger partial charge in [-0.15, -0.1) is 11.3 Å². The van der Waals surface area contributed by atoms with Gasteiger partial charge in [-0.1, -0.05) is 31.2 Å². The molecule has 2 aliphatic heterocycles. The average Bonchev–Trinajstić information content (AvgIpc) is 3.31. The predicted molar refractivity (Wildman–Crippen MR) is 105 cm³/mol. The number of likely N-dealkylation sites (N-methyl/N-ethyl adjacent to an activating group) is 1. The molecular weight excluding hydrogens is 344 g/mol. The van der Waals surface area contributed by atoms with Crippen LogP contribution in [-0.4, -0.2) is 42.0 Å². The Kier molecular flexibility index (Phi) is 5.07. The van der Waals surface area contributed by atoms with Gasteiger partial charge in [0, 0.05) is 25.6 Å². The fourth-order valence-electron chi connectivity index (χ4n) is 3.94. The van der Waals surface area contributed by atoms with Crippen LogP contribution in [0.5, 0.6) is 0 Å². The van der Waals surface area contributed by atoms with Crippen molar-refractivity contribution in [1.82, 2.24) is 20.5 Å². The fraction of sp³-hybridized carbons (Fsp3) is 0.500. The number of carbonyl (C=O) groups is 1. The first kappa shape index (κ1) is 17.6. The number of amides is 1. The SMILES string of the molecule is CCN1Cc2ccccc2C(NC(=O)c2sc(C3CCNC3)nc2C)C1. The van der Waals surface area contributed by atoms with Crippen molar-refractivity contribution in [3.05, 3.63) is 51.0 Å². The van der Waals surface area contributed by atoms with Crippen LogP contribution in [0.4, 0.5) is 0 Å². The number of hydrogen-bond acceptors (Lipinski definition) is 5. The van der Waals surface area contributed by atoms with E-state index in [1.165, 1.54) is 11.1 Å². The molecule has 0 radical (unpaired) electrons. The number of aromatic nitrogens is 1. The molecule has 2 atom stereocenters. The lowest BCUT2D eigenvalue weighted by Crippen LogP contribution is -2.41. The molecule has 3 heterocycles. The quantitative estimate of drug-likeness (QED) is 0.869. The Bertz CT molecular complexity index is 797. The summed E-state index contributed by atoms with van der Waals surface area (Å²) in [6.45, 7) is 8.92. The van der Waals surface area contributed by atoms with Crippen molar-refractivity contribution in [2.45, 2.75) is 38.8 Å². The number of benzene rings is 1. The average molecular weight is 371 g/mol. The summed E-state index contributed by atoms with van der Waals surface area (Å²) in [5, 5.41) is 7.75. The Hall–Kier alpha value is -1.76. The number of carbonyl (C=O) groups excluding carboxylic acids is 1. The molecule has 0 saturated carbocycles. The molecule has 2 unspecified atom stereocenters. The van der Waals surface area contributed by atoms with Crippen LogP contribution >= 0.6 is 11.3 Å². The summed E-state index contributed by atoms with van der Waals surface area (Å²) in [5.41, 5.74) is 3.41. The van der Waals surface area contributed by atoms with Gasteiger partial charge in [0.15, 0.2) is 0 Å². The molecule has 2 aromatic rings. The normalized spacial score (nSPS) is 23.0. The van der Waals surface area contributed by atoms with Gasteiger partial charge in [-0.2, -0.15) is 0 Å². The molecule has 2 N–H and O–H groups in total. The lowest BCUT2D eigenvalue weighted by molar-refractivity contribution is 0.0921. The number of nitrogens with zero attached hydrogens (tertiary/aromatic N) is 2. The van der Waals surface area contributed by atoms with Gasteiger partial charge >= 0.3 is 0 Å². The standard InChI is InChI=1S/C20H26N4OS/c1-3-24-11-15-6-4-5-7-16(15)17(12-24)23-19(25)18-13(2)22-20(26-18)14-8-9-21-10-14/h4-7,14,17,21H,3,8-12H2,1-2H3,(H,23,25). The van der Waals surface area contributed by atoms with Crippen molar-refractivity contribution >= 4 is 17.2 Å². The van der Waals surface area contributed by atoms with E-state index in [0.717, 1.165) is 54.7 Å². The van der Waals surface area contributed by atoms with Crippen LogP contribution in [0.3, 0.4) is 0 Å². The Labute approximate surface area is 158 Å². The fourth-order valence-corrected chi connectivity index (χ4v) is 5.04. The minimum absolute atomic E-state index is 0.00922. The first-order chi connectivity index (χ1) is 12.7. The molecule has 5 nitrogen and oxygen atoms in total. The van der Waals surface area contributed by atoms with Gasteiger partial charge in [-0.3, -0.25) is 9.69 Å².